The summed E-state index contributed by atoms with van der Waals surface area (Å²) < 4.78 is 5.84. The molecule has 6 heteroatoms. The summed E-state index contributed by atoms with van der Waals surface area (Å²) in [6.45, 7) is 6.08. The Morgan fingerprint density at radius 2 is 1.96 bits per heavy atom. The van der Waals surface area contributed by atoms with E-state index in [0.717, 1.165) is 11.1 Å². The fraction of sp³-hybridized carbons (Fsp3) is 0.333. The van der Waals surface area contributed by atoms with Gasteiger partial charge in [0, 0.05) is 24.5 Å². The van der Waals surface area contributed by atoms with Crippen molar-refractivity contribution in [2.75, 3.05) is 11.4 Å². The van der Waals surface area contributed by atoms with Gasteiger partial charge in [0.15, 0.2) is 5.60 Å². The van der Waals surface area contributed by atoms with Crippen molar-refractivity contribution in [1.82, 2.24) is 5.32 Å². The topological polar surface area (TPSA) is 58.6 Å². The molecule has 1 N–H and O–H groups in total. The highest BCUT2D eigenvalue weighted by molar-refractivity contribution is 6.31. The number of fused-ring (bicyclic) bond motifs is 1. The zero-order valence-electron chi connectivity index (χ0n) is 15.7. The Hall–Kier alpha value is -2.53. The zero-order valence-corrected chi connectivity index (χ0v) is 16.5. The predicted octanol–water partition coefficient (Wildman–Crippen LogP) is 3.86. The number of carbonyl (C=O) groups excluding carboxylic acids is 2. The maximum Gasteiger partial charge on any atom is 0.270 e. The molecule has 0 fully saturated rings. The number of rotatable bonds is 5. The lowest BCUT2D eigenvalue weighted by molar-refractivity contribution is -0.132. The van der Waals surface area contributed by atoms with Crippen LogP contribution in [0.1, 0.15) is 31.4 Å². The van der Waals surface area contributed by atoms with E-state index < -0.39 is 5.60 Å². The first-order valence-electron chi connectivity index (χ1n) is 8.89. The smallest absolute Gasteiger partial charge is 0.270 e. The third-order valence-corrected chi connectivity index (χ3v) is 4.90. The molecule has 1 aliphatic heterocycles. The van der Waals surface area contributed by atoms with Gasteiger partial charge in [0.1, 0.15) is 5.75 Å². The first-order chi connectivity index (χ1) is 12.8. The van der Waals surface area contributed by atoms with Crippen LogP contribution in [-0.2, 0) is 16.1 Å². The molecule has 1 heterocycles. The summed E-state index contributed by atoms with van der Waals surface area (Å²) in [5, 5.41) is 3.48. The third kappa shape index (κ3) is 4.25. The van der Waals surface area contributed by atoms with E-state index in [1.165, 1.54) is 0 Å². The second kappa shape index (κ2) is 7.61. The molecule has 2 aromatic carbocycles. The quantitative estimate of drug-likeness (QED) is 0.848. The normalized spacial score (nSPS) is 15.1. The van der Waals surface area contributed by atoms with Crippen LogP contribution in [0.3, 0.4) is 0 Å². The van der Waals surface area contributed by atoms with Crippen molar-refractivity contribution in [2.24, 2.45) is 0 Å². The van der Waals surface area contributed by atoms with Gasteiger partial charge < -0.3 is 15.0 Å². The van der Waals surface area contributed by atoms with Crippen LogP contribution in [0.2, 0.25) is 5.02 Å². The summed E-state index contributed by atoms with van der Waals surface area (Å²) in [6.07, 6.45) is 0.194. The molecular weight excluding hydrogens is 364 g/mol. The van der Waals surface area contributed by atoms with Crippen LogP contribution in [0, 0.1) is 6.92 Å². The number of carbonyl (C=O) groups is 2. The highest BCUT2D eigenvalue weighted by Crippen LogP contribution is 2.38. The molecular formula is C21H23ClN2O3. The fourth-order valence-corrected chi connectivity index (χ4v) is 3.24. The molecule has 2 aromatic rings. The second-order valence-electron chi connectivity index (χ2n) is 7.16. The summed E-state index contributed by atoms with van der Waals surface area (Å²) in [4.78, 5) is 26.7. The van der Waals surface area contributed by atoms with E-state index in [9.17, 15) is 9.59 Å². The highest BCUT2D eigenvalue weighted by Gasteiger charge is 2.40. The van der Waals surface area contributed by atoms with Crippen molar-refractivity contribution in [2.45, 2.75) is 39.3 Å². The molecule has 0 bridgehead atoms. The van der Waals surface area contributed by atoms with Gasteiger partial charge in [-0.3, -0.25) is 9.59 Å². The lowest BCUT2D eigenvalue weighted by Crippen LogP contribution is -2.53. The molecule has 142 valence electrons. The highest BCUT2D eigenvalue weighted by atomic mass is 35.5. The number of nitrogens with one attached hydrogen (secondary N) is 1. The van der Waals surface area contributed by atoms with E-state index >= 15 is 0 Å². The molecule has 0 spiro atoms. The minimum atomic E-state index is -0.962. The van der Waals surface area contributed by atoms with Gasteiger partial charge in [0.2, 0.25) is 5.91 Å². The number of ether oxygens (including phenoxy) is 1. The van der Waals surface area contributed by atoms with Crippen LogP contribution in [0.5, 0.6) is 5.75 Å². The summed E-state index contributed by atoms with van der Waals surface area (Å²) in [5.74, 6) is 0.363. The number of hydrogen-bond acceptors (Lipinski definition) is 3. The Kier molecular flexibility index (Phi) is 5.42. The molecule has 5 nitrogen and oxygen atoms in total. The van der Waals surface area contributed by atoms with Crippen LogP contribution >= 0.6 is 11.6 Å². The molecule has 3 rings (SSSR count). The molecule has 0 saturated heterocycles. The Balaban J connectivity index is 1.67. The van der Waals surface area contributed by atoms with E-state index in [-0.39, 0.29) is 24.8 Å². The molecule has 2 amide bonds. The number of aryl methyl sites for hydroxylation is 1. The molecule has 1 aliphatic rings. The van der Waals surface area contributed by atoms with Crippen LogP contribution in [0.15, 0.2) is 42.5 Å². The Labute approximate surface area is 164 Å². The number of hydrogen-bond donors (Lipinski definition) is 1. The molecule has 27 heavy (non-hydrogen) atoms. The molecule has 0 unspecified atom stereocenters. The molecule has 0 radical (unpaired) electrons. The van der Waals surface area contributed by atoms with Gasteiger partial charge in [-0.05, 0) is 50.1 Å². The van der Waals surface area contributed by atoms with E-state index in [0.29, 0.717) is 23.0 Å². The van der Waals surface area contributed by atoms with Crippen molar-refractivity contribution in [3.8, 4) is 5.75 Å². The van der Waals surface area contributed by atoms with E-state index in [2.05, 4.69) is 5.32 Å². The minimum Gasteiger partial charge on any atom is -0.476 e. The first kappa shape index (κ1) is 19.2. The number of anilines is 1. The number of halogens is 1. The van der Waals surface area contributed by atoms with Crippen molar-refractivity contribution in [1.29, 1.82) is 0 Å². The Morgan fingerprint density at radius 3 is 2.70 bits per heavy atom. The van der Waals surface area contributed by atoms with E-state index in [1.807, 2.05) is 43.3 Å². The lowest BCUT2D eigenvalue weighted by atomic mass is 10.0. The first-order valence-corrected chi connectivity index (χ1v) is 9.27. The van der Waals surface area contributed by atoms with E-state index in [4.69, 9.17) is 16.3 Å². The zero-order chi connectivity index (χ0) is 19.6. The summed E-state index contributed by atoms with van der Waals surface area (Å²) in [5.41, 5.74) is 1.63. The second-order valence-corrected chi connectivity index (χ2v) is 7.57. The molecule has 0 aliphatic carbocycles. The SMILES string of the molecule is Cc1ccc2c(c1)N(CCC(=O)NCc1ccccc1Cl)C(=O)C(C)(C)O2. The maximum atomic E-state index is 12.8. The van der Waals surface area contributed by atoms with Crippen LogP contribution in [-0.4, -0.2) is 24.0 Å². The third-order valence-electron chi connectivity index (χ3n) is 4.53. The van der Waals surface area contributed by atoms with Crippen LogP contribution < -0.4 is 15.0 Å². The summed E-state index contributed by atoms with van der Waals surface area (Å²) >= 11 is 6.11. The van der Waals surface area contributed by atoms with E-state index in [1.54, 1.807) is 24.8 Å². The number of benzene rings is 2. The van der Waals surface area contributed by atoms with Gasteiger partial charge in [-0.2, -0.15) is 0 Å². The van der Waals surface area contributed by atoms with Crippen molar-refractivity contribution < 1.29 is 14.3 Å². The monoisotopic (exact) mass is 386 g/mol. The Morgan fingerprint density at radius 1 is 1.22 bits per heavy atom. The Bertz CT molecular complexity index is 879. The average molecular weight is 387 g/mol. The number of amides is 2. The van der Waals surface area contributed by atoms with Crippen molar-refractivity contribution >= 4 is 29.1 Å². The summed E-state index contributed by atoms with van der Waals surface area (Å²) in [7, 11) is 0. The fourth-order valence-electron chi connectivity index (χ4n) is 3.04. The number of nitrogens with zero attached hydrogens (tertiary/aromatic N) is 1. The minimum absolute atomic E-state index is 0.138. The van der Waals surface area contributed by atoms with Gasteiger partial charge >= 0.3 is 0 Å². The maximum absolute atomic E-state index is 12.8. The standard InChI is InChI=1S/C21H23ClN2O3/c1-14-8-9-18-17(12-14)24(20(26)21(2,3)27-18)11-10-19(25)23-13-15-6-4-5-7-16(15)22/h4-9,12H,10-11,13H2,1-3H3,(H,23,25). The van der Waals surface area contributed by atoms with Crippen LogP contribution in [0.4, 0.5) is 5.69 Å². The van der Waals surface area contributed by atoms with Gasteiger partial charge in [-0.15, -0.1) is 0 Å². The van der Waals surface area contributed by atoms with Crippen LogP contribution in [0.25, 0.3) is 0 Å². The average Bonchev–Trinajstić information content (AvgIpc) is 2.62. The van der Waals surface area contributed by atoms with Crippen molar-refractivity contribution in [3.63, 3.8) is 0 Å². The predicted molar refractivity (Wildman–Crippen MR) is 106 cm³/mol. The molecule has 0 aromatic heterocycles. The van der Waals surface area contributed by atoms with Gasteiger partial charge in [-0.25, -0.2) is 0 Å². The summed E-state index contributed by atoms with van der Waals surface area (Å²) in [6, 6.07) is 13.1. The van der Waals surface area contributed by atoms with Gasteiger partial charge in [-0.1, -0.05) is 35.9 Å². The molecule has 0 saturated carbocycles. The molecule has 0 atom stereocenters. The largest absolute Gasteiger partial charge is 0.476 e. The van der Waals surface area contributed by atoms with Gasteiger partial charge in [0.25, 0.3) is 5.91 Å². The van der Waals surface area contributed by atoms with Crippen molar-refractivity contribution in [3.05, 3.63) is 58.6 Å². The van der Waals surface area contributed by atoms with Gasteiger partial charge in [0.05, 0.1) is 5.69 Å². The lowest BCUT2D eigenvalue weighted by Gasteiger charge is -2.38.